The van der Waals surface area contributed by atoms with Crippen LogP contribution in [-0.4, -0.2) is 34.6 Å². The first kappa shape index (κ1) is 16.8. The summed E-state index contributed by atoms with van der Waals surface area (Å²) in [5, 5.41) is 9.89. The van der Waals surface area contributed by atoms with Crippen molar-refractivity contribution < 1.29 is 22.4 Å². The van der Waals surface area contributed by atoms with Crippen molar-refractivity contribution in [2.75, 3.05) is 12.3 Å². The van der Waals surface area contributed by atoms with Gasteiger partial charge in [-0.1, -0.05) is 32.5 Å². The van der Waals surface area contributed by atoms with E-state index in [-0.39, 0.29) is 12.0 Å². The van der Waals surface area contributed by atoms with Gasteiger partial charge < -0.3 is 9.73 Å². The van der Waals surface area contributed by atoms with E-state index in [1.807, 2.05) is 20.8 Å². The summed E-state index contributed by atoms with van der Waals surface area (Å²) in [7, 11) is 0. The second-order valence-corrected chi connectivity index (χ2v) is 6.12. The van der Waals surface area contributed by atoms with Crippen LogP contribution >= 0.6 is 11.8 Å². The average molecular weight is 311 g/mol. The first-order chi connectivity index (χ1) is 9.10. The summed E-state index contributed by atoms with van der Waals surface area (Å²) in [6.07, 6.45) is -4.46. The molecule has 0 aromatic carbocycles. The van der Waals surface area contributed by atoms with E-state index in [1.165, 1.54) is 11.8 Å². The molecule has 0 aliphatic carbocycles. The molecule has 0 fully saturated rings. The lowest BCUT2D eigenvalue weighted by molar-refractivity contribution is -0.173. The highest BCUT2D eigenvalue weighted by atomic mass is 32.2. The third-order valence-electron chi connectivity index (χ3n) is 2.14. The molecule has 0 aliphatic heterocycles. The van der Waals surface area contributed by atoms with Crippen molar-refractivity contribution in [2.24, 2.45) is 0 Å². The smallest absolute Gasteiger partial charge is 0.415 e. The van der Waals surface area contributed by atoms with Gasteiger partial charge in [0.05, 0.1) is 0 Å². The second-order valence-electron chi connectivity index (χ2n) is 5.08. The molecule has 1 amide bonds. The van der Waals surface area contributed by atoms with Crippen LogP contribution in [0.1, 0.15) is 33.1 Å². The maximum Gasteiger partial charge on any atom is 0.471 e. The zero-order valence-electron chi connectivity index (χ0n) is 11.4. The van der Waals surface area contributed by atoms with Gasteiger partial charge in [-0.2, -0.15) is 13.2 Å². The van der Waals surface area contributed by atoms with Gasteiger partial charge in [-0.3, -0.25) is 4.79 Å². The van der Waals surface area contributed by atoms with Crippen LogP contribution < -0.4 is 5.32 Å². The highest BCUT2D eigenvalue weighted by Gasteiger charge is 2.38. The van der Waals surface area contributed by atoms with Crippen molar-refractivity contribution in [1.82, 2.24) is 15.5 Å². The van der Waals surface area contributed by atoms with Gasteiger partial charge in [-0.25, -0.2) is 0 Å². The Morgan fingerprint density at radius 2 is 1.95 bits per heavy atom. The molecule has 0 saturated heterocycles. The molecule has 114 valence electrons. The largest absolute Gasteiger partial charge is 0.471 e. The Morgan fingerprint density at radius 3 is 2.45 bits per heavy atom. The Kier molecular flexibility index (Phi) is 5.43. The van der Waals surface area contributed by atoms with Gasteiger partial charge in [0.1, 0.15) is 0 Å². The Morgan fingerprint density at radius 1 is 1.30 bits per heavy atom. The van der Waals surface area contributed by atoms with Gasteiger partial charge in [-0.05, 0) is 6.42 Å². The van der Waals surface area contributed by atoms with Crippen LogP contribution in [-0.2, 0) is 10.2 Å². The van der Waals surface area contributed by atoms with Crippen molar-refractivity contribution in [3.05, 3.63) is 5.89 Å². The van der Waals surface area contributed by atoms with Crippen LogP contribution in [0.3, 0.4) is 0 Å². The van der Waals surface area contributed by atoms with Gasteiger partial charge in [0.2, 0.25) is 5.89 Å². The van der Waals surface area contributed by atoms with Gasteiger partial charge in [-0.15, -0.1) is 10.2 Å². The molecule has 20 heavy (non-hydrogen) atoms. The topological polar surface area (TPSA) is 68.0 Å². The predicted molar refractivity (Wildman–Crippen MR) is 67.4 cm³/mol. The number of aromatic nitrogens is 2. The van der Waals surface area contributed by atoms with Crippen LogP contribution in [0, 0.1) is 0 Å². The second kappa shape index (κ2) is 6.47. The molecule has 0 bridgehead atoms. The summed E-state index contributed by atoms with van der Waals surface area (Å²) in [5.74, 6) is -0.940. The van der Waals surface area contributed by atoms with E-state index < -0.39 is 12.1 Å². The van der Waals surface area contributed by atoms with E-state index in [4.69, 9.17) is 4.42 Å². The fraction of sp³-hybridized carbons (Fsp3) is 0.727. The van der Waals surface area contributed by atoms with E-state index in [1.54, 1.807) is 5.32 Å². The zero-order valence-corrected chi connectivity index (χ0v) is 12.2. The standard InChI is InChI=1S/C11H16F3N3O2S/c1-10(2,3)8-16-17-9(19-8)20-6-4-5-15-7(18)11(12,13)14/h4-6H2,1-3H3,(H,15,18). The van der Waals surface area contributed by atoms with Crippen molar-refractivity contribution in [3.8, 4) is 0 Å². The number of carbonyl (C=O) groups excluding carboxylic acids is 1. The van der Waals surface area contributed by atoms with E-state index >= 15 is 0 Å². The fourth-order valence-electron chi connectivity index (χ4n) is 1.10. The normalized spacial score (nSPS) is 12.5. The zero-order chi connectivity index (χ0) is 15.4. The molecule has 0 saturated carbocycles. The lowest BCUT2D eigenvalue weighted by atomic mass is 9.97. The van der Waals surface area contributed by atoms with Crippen LogP contribution in [0.4, 0.5) is 13.2 Å². The molecule has 0 atom stereocenters. The number of amides is 1. The number of hydrogen-bond acceptors (Lipinski definition) is 5. The molecular weight excluding hydrogens is 295 g/mol. The Balaban J connectivity index is 2.25. The van der Waals surface area contributed by atoms with Crippen molar-refractivity contribution in [2.45, 2.75) is 44.0 Å². The van der Waals surface area contributed by atoms with E-state index in [2.05, 4.69) is 10.2 Å². The fourth-order valence-corrected chi connectivity index (χ4v) is 1.80. The van der Waals surface area contributed by atoms with Gasteiger partial charge >= 0.3 is 12.1 Å². The highest BCUT2D eigenvalue weighted by Crippen LogP contribution is 2.24. The summed E-state index contributed by atoms with van der Waals surface area (Å²) in [5.41, 5.74) is -0.244. The Hall–Kier alpha value is -1.25. The molecule has 0 aliphatic rings. The van der Waals surface area contributed by atoms with Crippen molar-refractivity contribution >= 4 is 17.7 Å². The number of halogens is 3. The summed E-state index contributed by atoms with van der Waals surface area (Å²) < 4.78 is 41.1. The van der Waals surface area contributed by atoms with E-state index in [0.29, 0.717) is 23.3 Å². The molecular formula is C11H16F3N3O2S. The highest BCUT2D eigenvalue weighted by molar-refractivity contribution is 7.99. The first-order valence-corrected chi connectivity index (χ1v) is 6.91. The first-order valence-electron chi connectivity index (χ1n) is 5.92. The number of carbonyl (C=O) groups is 1. The Labute approximate surface area is 118 Å². The molecule has 1 aromatic rings. The third-order valence-corrected chi connectivity index (χ3v) is 3.04. The minimum absolute atomic E-state index is 0.0500. The van der Waals surface area contributed by atoms with E-state index in [0.717, 1.165) is 0 Å². The molecule has 5 nitrogen and oxygen atoms in total. The number of alkyl halides is 3. The molecule has 1 aromatic heterocycles. The molecule has 0 unspecified atom stereocenters. The van der Waals surface area contributed by atoms with Gasteiger partial charge in [0, 0.05) is 17.7 Å². The quantitative estimate of drug-likeness (QED) is 0.668. The summed E-state index contributed by atoms with van der Waals surface area (Å²) in [4.78, 5) is 10.5. The number of thioether (sulfide) groups is 1. The molecule has 0 radical (unpaired) electrons. The van der Waals surface area contributed by atoms with Crippen LogP contribution in [0.2, 0.25) is 0 Å². The van der Waals surface area contributed by atoms with Gasteiger partial charge in [0.25, 0.3) is 5.22 Å². The van der Waals surface area contributed by atoms with Crippen LogP contribution in [0.5, 0.6) is 0 Å². The van der Waals surface area contributed by atoms with Gasteiger partial charge in [0.15, 0.2) is 0 Å². The molecule has 9 heteroatoms. The number of rotatable bonds is 5. The third kappa shape index (κ3) is 5.40. The Bertz CT molecular complexity index is 455. The predicted octanol–water partition coefficient (Wildman–Crippen LogP) is 2.53. The lowest BCUT2D eigenvalue weighted by Crippen LogP contribution is -2.37. The van der Waals surface area contributed by atoms with Crippen LogP contribution in [0.25, 0.3) is 0 Å². The maximum absolute atomic E-state index is 11.9. The molecule has 1 rings (SSSR count). The summed E-state index contributed by atoms with van der Waals surface area (Å²) in [6, 6.07) is 0. The van der Waals surface area contributed by atoms with Crippen molar-refractivity contribution in [3.63, 3.8) is 0 Å². The monoisotopic (exact) mass is 311 g/mol. The molecule has 1 N–H and O–H groups in total. The number of nitrogens with zero attached hydrogens (tertiary/aromatic N) is 2. The maximum atomic E-state index is 11.9. The lowest BCUT2D eigenvalue weighted by Gasteiger charge is -2.10. The summed E-state index contributed by atoms with van der Waals surface area (Å²) in [6.45, 7) is 5.75. The summed E-state index contributed by atoms with van der Waals surface area (Å²) >= 11 is 1.24. The van der Waals surface area contributed by atoms with Crippen LogP contribution in [0.15, 0.2) is 9.64 Å². The number of hydrogen-bond donors (Lipinski definition) is 1. The van der Waals surface area contributed by atoms with Crippen molar-refractivity contribution in [1.29, 1.82) is 0 Å². The minimum atomic E-state index is -4.83. The average Bonchev–Trinajstić information content (AvgIpc) is 2.75. The molecule has 0 spiro atoms. The SMILES string of the molecule is CC(C)(C)c1nnc(SCCCNC(=O)C(F)(F)F)o1. The van der Waals surface area contributed by atoms with E-state index in [9.17, 15) is 18.0 Å². The molecule has 1 heterocycles. The minimum Gasteiger partial charge on any atom is -0.415 e. The number of nitrogens with one attached hydrogen (secondary N) is 1.